The van der Waals surface area contributed by atoms with Gasteiger partial charge in [0.25, 0.3) is 0 Å². The second kappa shape index (κ2) is 5.73. The molecule has 1 aromatic heterocycles. The van der Waals surface area contributed by atoms with Crippen molar-refractivity contribution >= 4 is 5.82 Å². The molecule has 1 heterocycles. The van der Waals surface area contributed by atoms with Gasteiger partial charge in [-0.1, -0.05) is 30.3 Å². The number of nitrogens with zero attached hydrogens (tertiary/aromatic N) is 3. The van der Waals surface area contributed by atoms with Gasteiger partial charge in [-0.05, 0) is 5.56 Å². The van der Waals surface area contributed by atoms with E-state index in [0.717, 1.165) is 5.56 Å². The van der Waals surface area contributed by atoms with Gasteiger partial charge in [0, 0.05) is 12.0 Å². The van der Waals surface area contributed by atoms with Crippen LogP contribution in [0.3, 0.4) is 0 Å². The first-order valence-electron chi connectivity index (χ1n) is 5.91. The van der Waals surface area contributed by atoms with E-state index in [2.05, 4.69) is 4.98 Å². The number of hydrogen-bond acceptors (Lipinski definition) is 5. The molecule has 20 heavy (non-hydrogen) atoms. The van der Waals surface area contributed by atoms with Crippen LogP contribution < -0.4 is 10.5 Å². The van der Waals surface area contributed by atoms with Crippen LogP contribution in [0.4, 0.5) is 5.82 Å². The van der Waals surface area contributed by atoms with E-state index in [1.165, 1.54) is 7.11 Å². The van der Waals surface area contributed by atoms with Crippen LogP contribution in [0.2, 0.25) is 0 Å². The van der Waals surface area contributed by atoms with Crippen molar-refractivity contribution < 1.29 is 4.74 Å². The minimum Gasteiger partial charge on any atom is -0.480 e. The van der Waals surface area contributed by atoms with Gasteiger partial charge in [-0.3, -0.25) is 0 Å². The first-order chi connectivity index (χ1) is 9.71. The zero-order valence-electron chi connectivity index (χ0n) is 10.9. The number of methoxy groups -OCH3 is 1. The molecule has 0 unspecified atom stereocenters. The summed E-state index contributed by atoms with van der Waals surface area (Å²) in [5, 5.41) is 18.5. The Labute approximate surface area is 116 Å². The van der Waals surface area contributed by atoms with Gasteiger partial charge >= 0.3 is 0 Å². The Bertz CT molecular complexity index is 711. The molecular weight excluding hydrogens is 252 g/mol. The minimum absolute atomic E-state index is 0.0780. The smallest absolute Gasteiger partial charge is 0.233 e. The lowest BCUT2D eigenvalue weighted by Gasteiger charge is -2.11. The lowest BCUT2D eigenvalue weighted by Crippen LogP contribution is -2.07. The van der Waals surface area contributed by atoms with E-state index in [4.69, 9.17) is 10.5 Å². The predicted molar refractivity (Wildman–Crippen MR) is 73.9 cm³/mol. The Morgan fingerprint density at radius 2 is 1.80 bits per heavy atom. The summed E-state index contributed by atoms with van der Waals surface area (Å²) >= 11 is 0. The Morgan fingerprint density at radius 1 is 1.15 bits per heavy atom. The van der Waals surface area contributed by atoms with Gasteiger partial charge in [-0.15, -0.1) is 0 Å². The Kier molecular flexibility index (Phi) is 3.83. The maximum absolute atomic E-state index is 9.30. The average Bonchev–Trinajstić information content (AvgIpc) is 2.48. The molecule has 1 aromatic carbocycles. The lowest BCUT2D eigenvalue weighted by molar-refractivity contribution is 0.396. The maximum Gasteiger partial charge on any atom is 0.233 e. The number of ether oxygens (including phenoxy) is 1. The normalized spacial score (nSPS) is 9.55. The maximum atomic E-state index is 9.30. The monoisotopic (exact) mass is 264 g/mol. The molecule has 0 bridgehead atoms. The molecule has 2 N–H and O–H groups in total. The van der Waals surface area contributed by atoms with Crippen molar-refractivity contribution in [3.05, 3.63) is 52.6 Å². The van der Waals surface area contributed by atoms with Crippen molar-refractivity contribution in [2.24, 2.45) is 0 Å². The summed E-state index contributed by atoms with van der Waals surface area (Å²) in [5.74, 6) is 0.226. The summed E-state index contributed by atoms with van der Waals surface area (Å²) in [6.07, 6.45) is 0.426. The van der Waals surface area contributed by atoms with Crippen molar-refractivity contribution in [1.29, 1.82) is 10.5 Å². The minimum atomic E-state index is 0.0780. The second-order valence-corrected chi connectivity index (χ2v) is 4.12. The molecule has 0 aliphatic heterocycles. The van der Waals surface area contributed by atoms with E-state index in [1.54, 1.807) is 0 Å². The third kappa shape index (κ3) is 2.38. The summed E-state index contributed by atoms with van der Waals surface area (Å²) in [6, 6.07) is 13.6. The fraction of sp³-hybridized carbons (Fsp3) is 0.133. The third-order valence-corrected chi connectivity index (χ3v) is 2.94. The molecule has 0 spiro atoms. The van der Waals surface area contributed by atoms with Crippen molar-refractivity contribution in [3.8, 4) is 18.0 Å². The zero-order chi connectivity index (χ0) is 14.5. The molecule has 2 aromatic rings. The molecule has 0 aliphatic carbocycles. The number of hydrogen-bond donors (Lipinski definition) is 1. The molecule has 0 saturated carbocycles. The molecular formula is C15H12N4O. The van der Waals surface area contributed by atoms with Gasteiger partial charge in [0.15, 0.2) is 0 Å². The fourth-order valence-corrected chi connectivity index (χ4v) is 1.99. The Hall–Kier alpha value is -3.05. The van der Waals surface area contributed by atoms with Gasteiger partial charge in [0.05, 0.1) is 12.7 Å². The van der Waals surface area contributed by atoms with Gasteiger partial charge < -0.3 is 10.5 Å². The topological polar surface area (TPSA) is 95.7 Å². The number of pyridine rings is 1. The molecule has 0 aliphatic rings. The van der Waals surface area contributed by atoms with E-state index in [0.29, 0.717) is 12.0 Å². The Balaban J connectivity index is 2.64. The fourth-order valence-electron chi connectivity index (χ4n) is 1.99. The molecule has 5 nitrogen and oxygen atoms in total. The number of nitrogen functional groups attached to an aromatic ring is 1. The molecule has 2 rings (SSSR count). The average molecular weight is 264 g/mol. The van der Waals surface area contributed by atoms with Crippen molar-refractivity contribution in [3.63, 3.8) is 0 Å². The van der Waals surface area contributed by atoms with Crippen LogP contribution in [0, 0.1) is 22.7 Å². The van der Waals surface area contributed by atoms with E-state index in [-0.39, 0.29) is 22.8 Å². The summed E-state index contributed by atoms with van der Waals surface area (Å²) < 4.78 is 5.07. The highest BCUT2D eigenvalue weighted by atomic mass is 16.5. The van der Waals surface area contributed by atoms with Crippen molar-refractivity contribution in [2.75, 3.05) is 12.8 Å². The van der Waals surface area contributed by atoms with E-state index < -0.39 is 0 Å². The highest BCUT2D eigenvalue weighted by Gasteiger charge is 2.19. The van der Waals surface area contributed by atoms with Crippen molar-refractivity contribution in [1.82, 2.24) is 4.98 Å². The quantitative estimate of drug-likeness (QED) is 0.914. The number of anilines is 1. The SMILES string of the molecule is COc1nc(N)c(C#N)c(Cc2ccccc2)c1C#N. The Morgan fingerprint density at radius 3 is 2.35 bits per heavy atom. The van der Waals surface area contributed by atoms with E-state index in [1.807, 2.05) is 42.5 Å². The van der Waals surface area contributed by atoms with Crippen LogP contribution in [-0.4, -0.2) is 12.1 Å². The highest BCUT2D eigenvalue weighted by molar-refractivity contribution is 5.63. The zero-order valence-corrected chi connectivity index (χ0v) is 10.9. The van der Waals surface area contributed by atoms with Crippen LogP contribution in [0.25, 0.3) is 0 Å². The first kappa shape index (κ1) is 13.4. The number of nitriles is 2. The van der Waals surface area contributed by atoms with E-state index in [9.17, 15) is 10.5 Å². The number of nitrogens with two attached hydrogens (primary N) is 1. The molecule has 98 valence electrons. The predicted octanol–water partition coefficient (Wildman–Crippen LogP) is 2.01. The number of rotatable bonds is 3. The summed E-state index contributed by atoms with van der Waals surface area (Å²) in [5.41, 5.74) is 7.77. The third-order valence-electron chi connectivity index (χ3n) is 2.94. The number of aromatic nitrogens is 1. The van der Waals surface area contributed by atoms with Gasteiger partial charge in [-0.2, -0.15) is 15.5 Å². The number of benzene rings is 1. The van der Waals surface area contributed by atoms with Crippen LogP contribution >= 0.6 is 0 Å². The molecule has 0 atom stereocenters. The van der Waals surface area contributed by atoms with E-state index >= 15 is 0 Å². The summed E-state index contributed by atoms with van der Waals surface area (Å²) in [4.78, 5) is 3.95. The second-order valence-electron chi connectivity index (χ2n) is 4.12. The molecule has 0 saturated heterocycles. The molecule has 0 amide bonds. The highest BCUT2D eigenvalue weighted by Crippen LogP contribution is 2.28. The van der Waals surface area contributed by atoms with Crippen molar-refractivity contribution in [2.45, 2.75) is 6.42 Å². The van der Waals surface area contributed by atoms with Crippen LogP contribution in [0.1, 0.15) is 22.3 Å². The van der Waals surface area contributed by atoms with Gasteiger partial charge in [0.1, 0.15) is 23.5 Å². The van der Waals surface area contributed by atoms with Gasteiger partial charge in [-0.25, -0.2) is 0 Å². The molecule has 5 heteroatoms. The summed E-state index contributed by atoms with van der Waals surface area (Å²) in [7, 11) is 1.42. The molecule has 0 radical (unpaired) electrons. The first-order valence-corrected chi connectivity index (χ1v) is 5.91. The van der Waals surface area contributed by atoms with Gasteiger partial charge in [0.2, 0.25) is 5.88 Å². The van der Waals surface area contributed by atoms with Crippen LogP contribution in [0.15, 0.2) is 30.3 Å². The van der Waals surface area contributed by atoms with Crippen LogP contribution in [0.5, 0.6) is 5.88 Å². The van der Waals surface area contributed by atoms with Crippen LogP contribution in [-0.2, 0) is 6.42 Å². The standard InChI is InChI=1S/C15H12N4O/c1-20-15-13(9-17)11(12(8-16)14(18)19-15)7-10-5-3-2-4-6-10/h2-6H,7H2,1H3,(H2,18,19). The molecule has 0 fully saturated rings. The lowest BCUT2D eigenvalue weighted by atomic mass is 9.97. The summed E-state index contributed by atoms with van der Waals surface area (Å²) in [6.45, 7) is 0. The largest absolute Gasteiger partial charge is 0.480 e.